The Morgan fingerprint density at radius 3 is 2.35 bits per heavy atom. The van der Waals surface area contributed by atoms with Crippen LogP contribution < -0.4 is 14.2 Å². The molecule has 122 valence electrons. The molecule has 5 nitrogen and oxygen atoms in total. The summed E-state index contributed by atoms with van der Waals surface area (Å²) in [4.78, 5) is 0. The zero-order chi connectivity index (χ0) is 16.7. The number of halogens is 2. The van der Waals surface area contributed by atoms with Gasteiger partial charge in [0.15, 0.2) is 11.5 Å². The standard InChI is InChI=1S/C16H15Cl2NO4/c1-21-15-4-2-11(10-19-20)8-16(15)23-7-6-22-14-5-3-12(17)9-13(14)18/h2-5,8-10,20H,6-7H2,1H3. The summed E-state index contributed by atoms with van der Waals surface area (Å²) in [6, 6.07) is 10.2. The van der Waals surface area contributed by atoms with E-state index in [9.17, 15) is 0 Å². The van der Waals surface area contributed by atoms with Crippen molar-refractivity contribution in [3.8, 4) is 17.2 Å². The largest absolute Gasteiger partial charge is 0.493 e. The molecule has 1 N–H and O–H groups in total. The van der Waals surface area contributed by atoms with E-state index >= 15 is 0 Å². The smallest absolute Gasteiger partial charge is 0.161 e. The van der Waals surface area contributed by atoms with Crippen molar-refractivity contribution in [3.05, 3.63) is 52.0 Å². The van der Waals surface area contributed by atoms with E-state index in [2.05, 4.69) is 5.16 Å². The predicted molar refractivity (Wildman–Crippen MR) is 89.8 cm³/mol. The Hall–Kier alpha value is -2.11. The number of benzene rings is 2. The molecule has 0 aliphatic rings. The summed E-state index contributed by atoms with van der Waals surface area (Å²) in [5.74, 6) is 1.63. The molecule has 0 fully saturated rings. The Kier molecular flexibility index (Phi) is 6.38. The third kappa shape index (κ3) is 4.94. The summed E-state index contributed by atoms with van der Waals surface area (Å²) in [5, 5.41) is 12.6. The van der Waals surface area contributed by atoms with Crippen molar-refractivity contribution in [3.63, 3.8) is 0 Å². The van der Waals surface area contributed by atoms with Crippen molar-refractivity contribution >= 4 is 29.4 Å². The second-order valence-electron chi connectivity index (χ2n) is 4.43. The molecule has 0 unspecified atom stereocenters. The molecule has 2 aromatic rings. The first-order valence-electron chi connectivity index (χ1n) is 6.70. The van der Waals surface area contributed by atoms with Gasteiger partial charge < -0.3 is 19.4 Å². The van der Waals surface area contributed by atoms with Gasteiger partial charge in [-0.1, -0.05) is 28.4 Å². The minimum atomic E-state index is 0.287. The van der Waals surface area contributed by atoms with Crippen LogP contribution in [0.4, 0.5) is 0 Å². The number of ether oxygens (including phenoxy) is 3. The molecule has 0 aliphatic carbocycles. The Morgan fingerprint density at radius 2 is 1.70 bits per heavy atom. The highest BCUT2D eigenvalue weighted by Gasteiger charge is 2.06. The average molecular weight is 356 g/mol. The van der Waals surface area contributed by atoms with Crippen molar-refractivity contribution in [1.82, 2.24) is 0 Å². The molecular formula is C16H15Cl2NO4. The second-order valence-corrected chi connectivity index (χ2v) is 5.27. The Morgan fingerprint density at radius 1 is 1.00 bits per heavy atom. The fourth-order valence-corrected chi connectivity index (χ4v) is 2.31. The van der Waals surface area contributed by atoms with E-state index in [0.717, 1.165) is 0 Å². The lowest BCUT2D eigenvalue weighted by Gasteiger charge is -2.12. The highest BCUT2D eigenvalue weighted by atomic mass is 35.5. The Labute approximate surface area is 144 Å². The molecule has 0 heterocycles. The van der Waals surface area contributed by atoms with Gasteiger partial charge in [-0.2, -0.15) is 0 Å². The van der Waals surface area contributed by atoms with Crippen LogP contribution in [0.2, 0.25) is 10.0 Å². The molecular weight excluding hydrogens is 341 g/mol. The van der Waals surface area contributed by atoms with Gasteiger partial charge in [0.1, 0.15) is 19.0 Å². The molecule has 0 aliphatic heterocycles. The van der Waals surface area contributed by atoms with Gasteiger partial charge in [-0.25, -0.2) is 0 Å². The minimum absolute atomic E-state index is 0.287. The Balaban J connectivity index is 1.94. The highest BCUT2D eigenvalue weighted by Crippen LogP contribution is 2.29. The van der Waals surface area contributed by atoms with Crippen LogP contribution in [0.3, 0.4) is 0 Å². The highest BCUT2D eigenvalue weighted by molar-refractivity contribution is 6.35. The summed E-state index contributed by atoms with van der Waals surface area (Å²) < 4.78 is 16.4. The summed E-state index contributed by atoms with van der Waals surface area (Å²) in [5.41, 5.74) is 0.685. The van der Waals surface area contributed by atoms with Crippen molar-refractivity contribution in [1.29, 1.82) is 0 Å². The number of hydrogen-bond donors (Lipinski definition) is 1. The molecule has 0 spiro atoms. The third-order valence-corrected chi connectivity index (χ3v) is 3.42. The number of rotatable bonds is 7. The number of hydrogen-bond acceptors (Lipinski definition) is 5. The first-order chi connectivity index (χ1) is 11.1. The monoisotopic (exact) mass is 355 g/mol. The maximum absolute atomic E-state index is 8.58. The molecule has 0 amide bonds. The summed E-state index contributed by atoms with van der Waals surface area (Å²) in [7, 11) is 1.55. The van der Waals surface area contributed by atoms with Crippen molar-refractivity contribution in [2.24, 2.45) is 5.16 Å². The van der Waals surface area contributed by atoms with Gasteiger partial charge in [0.05, 0.1) is 18.3 Å². The van der Waals surface area contributed by atoms with Crippen molar-refractivity contribution in [2.75, 3.05) is 20.3 Å². The molecule has 0 bridgehead atoms. The normalized spacial score (nSPS) is 10.7. The molecule has 23 heavy (non-hydrogen) atoms. The van der Waals surface area contributed by atoms with Gasteiger partial charge in [-0.05, 0) is 36.4 Å². The van der Waals surface area contributed by atoms with E-state index in [4.69, 9.17) is 42.6 Å². The Bertz CT molecular complexity index is 692. The van der Waals surface area contributed by atoms with E-state index in [0.29, 0.717) is 39.5 Å². The lowest BCUT2D eigenvalue weighted by atomic mass is 10.2. The fourth-order valence-electron chi connectivity index (χ4n) is 1.85. The summed E-state index contributed by atoms with van der Waals surface area (Å²) in [6.45, 7) is 0.581. The lowest BCUT2D eigenvalue weighted by Crippen LogP contribution is -2.10. The van der Waals surface area contributed by atoms with Crippen LogP contribution in [0, 0.1) is 0 Å². The third-order valence-electron chi connectivity index (χ3n) is 2.89. The first-order valence-corrected chi connectivity index (χ1v) is 7.45. The molecule has 0 atom stereocenters. The van der Waals surface area contributed by atoms with Crippen LogP contribution in [0.15, 0.2) is 41.6 Å². The topological polar surface area (TPSA) is 60.3 Å². The lowest BCUT2D eigenvalue weighted by molar-refractivity contribution is 0.211. The minimum Gasteiger partial charge on any atom is -0.493 e. The maximum atomic E-state index is 8.58. The van der Waals surface area contributed by atoms with Gasteiger partial charge in [0.25, 0.3) is 0 Å². The van der Waals surface area contributed by atoms with E-state index in [1.807, 2.05) is 0 Å². The van der Waals surface area contributed by atoms with Crippen molar-refractivity contribution < 1.29 is 19.4 Å². The van der Waals surface area contributed by atoms with Gasteiger partial charge in [-0.3, -0.25) is 0 Å². The molecule has 2 rings (SSSR count). The van der Waals surface area contributed by atoms with Crippen LogP contribution in [0.25, 0.3) is 0 Å². The first kappa shape index (κ1) is 17.2. The van der Waals surface area contributed by atoms with Crippen LogP contribution in [0.1, 0.15) is 5.56 Å². The summed E-state index contributed by atoms with van der Waals surface area (Å²) >= 11 is 11.8. The van der Waals surface area contributed by atoms with Crippen LogP contribution in [-0.2, 0) is 0 Å². The van der Waals surface area contributed by atoms with E-state index < -0.39 is 0 Å². The fraction of sp³-hybridized carbons (Fsp3) is 0.188. The quantitative estimate of drug-likeness (QED) is 0.348. The predicted octanol–water partition coefficient (Wildman–Crippen LogP) is 4.27. The average Bonchev–Trinajstić information content (AvgIpc) is 2.54. The van der Waals surface area contributed by atoms with E-state index in [1.165, 1.54) is 6.21 Å². The van der Waals surface area contributed by atoms with Gasteiger partial charge >= 0.3 is 0 Å². The molecule has 7 heteroatoms. The zero-order valence-corrected chi connectivity index (χ0v) is 13.8. The molecule has 2 aromatic carbocycles. The molecule has 0 saturated carbocycles. The number of methoxy groups -OCH3 is 1. The number of oxime groups is 1. The van der Waals surface area contributed by atoms with Crippen LogP contribution >= 0.6 is 23.2 Å². The second kappa shape index (κ2) is 8.50. The van der Waals surface area contributed by atoms with Crippen LogP contribution in [0.5, 0.6) is 17.2 Å². The van der Waals surface area contributed by atoms with Gasteiger partial charge in [0.2, 0.25) is 0 Å². The summed E-state index contributed by atoms with van der Waals surface area (Å²) in [6.07, 6.45) is 1.30. The number of nitrogens with zero attached hydrogens (tertiary/aromatic N) is 1. The van der Waals surface area contributed by atoms with Crippen LogP contribution in [-0.4, -0.2) is 31.7 Å². The maximum Gasteiger partial charge on any atom is 0.161 e. The van der Waals surface area contributed by atoms with Crippen molar-refractivity contribution in [2.45, 2.75) is 0 Å². The van der Waals surface area contributed by atoms with E-state index in [-0.39, 0.29) is 6.61 Å². The molecule has 0 radical (unpaired) electrons. The molecule has 0 saturated heterocycles. The SMILES string of the molecule is COc1ccc(C=NO)cc1OCCOc1ccc(Cl)cc1Cl. The van der Waals surface area contributed by atoms with Gasteiger partial charge in [-0.15, -0.1) is 0 Å². The molecule has 0 aromatic heterocycles. The van der Waals surface area contributed by atoms with E-state index in [1.54, 1.807) is 43.5 Å². The van der Waals surface area contributed by atoms with Gasteiger partial charge in [0, 0.05) is 10.6 Å². The zero-order valence-electron chi connectivity index (χ0n) is 12.3.